The number of ether oxygens (including phenoxy) is 2. The minimum absolute atomic E-state index is 0.332. The number of hydrogen-bond acceptors (Lipinski definition) is 3. The molecule has 0 spiro atoms. The first-order chi connectivity index (χ1) is 14.0. The lowest BCUT2D eigenvalue weighted by Crippen LogP contribution is -2.40. The van der Waals surface area contributed by atoms with Crippen LogP contribution < -0.4 is 14.8 Å². The molecule has 1 saturated heterocycles. The molecule has 1 N–H and O–H groups in total. The van der Waals surface area contributed by atoms with Gasteiger partial charge in [0.2, 0.25) is 0 Å². The van der Waals surface area contributed by atoms with E-state index in [-0.39, 0.29) is 0 Å². The third kappa shape index (κ3) is 4.96. The van der Waals surface area contributed by atoms with Gasteiger partial charge in [-0.3, -0.25) is 4.99 Å². The van der Waals surface area contributed by atoms with Crippen LogP contribution >= 0.6 is 0 Å². The van der Waals surface area contributed by atoms with Gasteiger partial charge in [0.15, 0.2) is 17.6 Å². The van der Waals surface area contributed by atoms with Crippen molar-refractivity contribution in [2.75, 3.05) is 40.9 Å². The van der Waals surface area contributed by atoms with Gasteiger partial charge in [0.05, 0.1) is 14.2 Å². The third-order valence-electron chi connectivity index (χ3n) is 5.25. The Labute approximate surface area is 170 Å². The first kappa shape index (κ1) is 20.9. The molecule has 0 bridgehead atoms. The van der Waals surface area contributed by atoms with Gasteiger partial charge in [0.25, 0.3) is 0 Å². The molecule has 2 aromatic rings. The molecular weight excluding hydrogens is 376 g/mol. The van der Waals surface area contributed by atoms with Crippen molar-refractivity contribution in [3.63, 3.8) is 0 Å². The van der Waals surface area contributed by atoms with Crippen molar-refractivity contribution in [3.8, 4) is 11.5 Å². The summed E-state index contributed by atoms with van der Waals surface area (Å²) in [6.45, 7) is 2.14. The Kier molecular flexibility index (Phi) is 6.90. The van der Waals surface area contributed by atoms with E-state index in [1.165, 1.54) is 11.6 Å². The minimum atomic E-state index is -0.817. The smallest absolute Gasteiger partial charge is 0.193 e. The molecule has 0 saturated carbocycles. The highest BCUT2D eigenvalue weighted by atomic mass is 19.2. The lowest BCUT2D eigenvalue weighted by molar-refractivity contribution is 0.392. The van der Waals surface area contributed by atoms with Crippen molar-refractivity contribution in [1.29, 1.82) is 0 Å². The zero-order valence-corrected chi connectivity index (χ0v) is 17.0. The van der Waals surface area contributed by atoms with Crippen LogP contribution in [0, 0.1) is 11.6 Å². The molecule has 1 fully saturated rings. The molecule has 1 aliphatic heterocycles. The van der Waals surface area contributed by atoms with E-state index < -0.39 is 11.6 Å². The number of nitrogens with one attached hydrogen (secondary N) is 1. The van der Waals surface area contributed by atoms with E-state index in [9.17, 15) is 8.78 Å². The fourth-order valence-electron chi connectivity index (χ4n) is 3.67. The molecule has 1 unspecified atom stereocenters. The van der Waals surface area contributed by atoms with Crippen LogP contribution in [-0.2, 0) is 6.42 Å². The second kappa shape index (κ2) is 9.58. The summed E-state index contributed by atoms with van der Waals surface area (Å²) in [5.74, 6) is 1.05. The van der Waals surface area contributed by atoms with E-state index >= 15 is 0 Å². The summed E-state index contributed by atoms with van der Waals surface area (Å²) in [5.41, 5.74) is 1.52. The zero-order valence-electron chi connectivity index (χ0n) is 17.0. The average molecular weight is 403 g/mol. The predicted octanol–water partition coefficient (Wildman–Crippen LogP) is 3.59. The topological polar surface area (TPSA) is 46.1 Å². The number of guanidine groups is 1. The molecule has 1 aliphatic rings. The van der Waals surface area contributed by atoms with Crippen LogP contribution in [0.5, 0.6) is 11.5 Å². The van der Waals surface area contributed by atoms with Crippen LogP contribution in [0.3, 0.4) is 0 Å². The lowest BCUT2D eigenvalue weighted by atomic mass is 9.98. The molecule has 156 valence electrons. The van der Waals surface area contributed by atoms with E-state index in [0.717, 1.165) is 43.0 Å². The molecular formula is C22H27F2N3O2. The van der Waals surface area contributed by atoms with Crippen LogP contribution in [-0.4, -0.2) is 51.8 Å². The molecule has 5 nitrogen and oxygen atoms in total. The van der Waals surface area contributed by atoms with E-state index in [4.69, 9.17) is 9.47 Å². The number of hydrogen-bond donors (Lipinski definition) is 1. The maximum atomic E-state index is 13.8. The van der Waals surface area contributed by atoms with Crippen LogP contribution in [0.1, 0.15) is 23.5 Å². The monoisotopic (exact) mass is 403 g/mol. The molecule has 0 amide bonds. The van der Waals surface area contributed by atoms with Crippen molar-refractivity contribution in [2.24, 2.45) is 4.99 Å². The fraction of sp³-hybridized carbons (Fsp3) is 0.409. The Morgan fingerprint density at radius 2 is 1.90 bits per heavy atom. The highest BCUT2D eigenvalue weighted by molar-refractivity contribution is 5.80. The third-order valence-corrected chi connectivity index (χ3v) is 5.25. The lowest BCUT2D eigenvalue weighted by Gasteiger charge is -2.22. The van der Waals surface area contributed by atoms with Crippen molar-refractivity contribution in [3.05, 3.63) is 59.2 Å². The number of benzene rings is 2. The molecule has 1 heterocycles. The summed E-state index contributed by atoms with van der Waals surface area (Å²) in [5, 5.41) is 3.26. The average Bonchev–Trinajstić information content (AvgIpc) is 3.23. The summed E-state index contributed by atoms with van der Waals surface area (Å²) < 4.78 is 37.9. The van der Waals surface area contributed by atoms with E-state index in [2.05, 4.69) is 15.2 Å². The predicted molar refractivity (Wildman–Crippen MR) is 110 cm³/mol. The van der Waals surface area contributed by atoms with Crippen molar-refractivity contribution >= 4 is 5.96 Å². The molecule has 0 aliphatic carbocycles. The van der Waals surface area contributed by atoms with Gasteiger partial charge in [-0.05, 0) is 42.2 Å². The standard InChI is InChI=1S/C22H27F2N3O2/c1-25-22(26-9-7-15-5-4-6-20(23)21(15)24)27-10-8-16(14-27)17-11-18(28-2)13-19(12-17)29-3/h4-6,11-13,16H,7-10,14H2,1-3H3,(H,25,26). The normalized spacial score (nSPS) is 16.8. The quantitative estimate of drug-likeness (QED) is 0.592. The highest BCUT2D eigenvalue weighted by Gasteiger charge is 2.27. The van der Waals surface area contributed by atoms with Gasteiger partial charge in [-0.1, -0.05) is 12.1 Å². The van der Waals surface area contributed by atoms with Crippen molar-refractivity contribution in [1.82, 2.24) is 10.2 Å². The number of likely N-dealkylation sites (tertiary alicyclic amines) is 1. The minimum Gasteiger partial charge on any atom is -0.497 e. The highest BCUT2D eigenvalue weighted by Crippen LogP contribution is 2.32. The van der Waals surface area contributed by atoms with E-state index in [1.54, 1.807) is 27.3 Å². The van der Waals surface area contributed by atoms with Crippen molar-refractivity contribution < 1.29 is 18.3 Å². The number of halogens is 2. The van der Waals surface area contributed by atoms with Gasteiger partial charge in [-0.2, -0.15) is 0 Å². The van der Waals surface area contributed by atoms with Gasteiger partial charge < -0.3 is 19.7 Å². The van der Waals surface area contributed by atoms with Gasteiger partial charge in [0, 0.05) is 38.7 Å². The zero-order chi connectivity index (χ0) is 20.8. The Balaban J connectivity index is 1.60. The first-order valence-electron chi connectivity index (χ1n) is 9.67. The molecule has 1 atom stereocenters. The van der Waals surface area contributed by atoms with Crippen LogP contribution in [0.4, 0.5) is 8.78 Å². The second-order valence-corrected chi connectivity index (χ2v) is 7.01. The molecule has 7 heteroatoms. The van der Waals surface area contributed by atoms with Crippen molar-refractivity contribution in [2.45, 2.75) is 18.8 Å². The Morgan fingerprint density at radius 1 is 1.17 bits per heavy atom. The Bertz CT molecular complexity index is 851. The Hall–Kier alpha value is -2.83. The maximum Gasteiger partial charge on any atom is 0.193 e. The molecule has 3 rings (SSSR count). The van der Waals surface area contributed by atoms with E-state index in [0.29, 0.717) is 24.4 Å². The summed E-state index contributed by atoms with van der Waals surface area (Å²) >= 11 is 0. The van der Waals surface area contributed by atoms with Gasteiger partial charge in [0.1, 0.15) is 11.5 Å². The maximum absolute atomic E-state index is 13.8. The largest absolute Gasteiger partial charge is 0.497 e. The summed E-state index contributed by atoms with van der Waals surface area (Å²) in [7, 11) is 5.02. The molecule has 0 radical (unpaired) electrons. The number of methoxy groups -OCH3 is 2. The molecule has 2 aromatic carbocycles. The molecule has 0 aromatic heterocycles. The summed E-state index contributed by atoms with van der Waals surface area (Å²) in [6, 6.07) is 10.2. The first-order valence-corrected chi connectivity index (χ1v) is 9.67. The van der Waals surface area contributed by atoms with Crippen LogP contribution in [0.15, 0.2) is 41.4 Å². The Morgan fingerprint density at radius 3 is 2.55 bits per heavy atom. The molecule has 29 heavy (non-hydrogen) atoms. The van der Waals surface area contributed by atoms with Gasteiger partial charge >= 0.3 is 0 Å². The number of aliphatic imine (C=N–C) groups is 1. The van der Waals surface area contributed by atoms with Crippen LogP contribution in [0.25, 0.3) is 0 Å². The van der Waals surface area contributed by atoms with E-state index in [1.807, 2.05) is 18.2 Å². The number of rotatable bonds is 6. The van der Waals surface area contributed by atoms with Crippen LogP contribution in [0.2, 0.25) is 0 Å². The summed E-state index contributed by atoms with van der Waals surface area (Å²) in [4.78, 5) is 6.53. The SMILES string of the molecule is CN=C(NCCc1cccc(F)c1F)N1CCC(c2cc(OC)cc(OC)c2)C1. The fourth-order valence-corrected chi connectivity index (χ4v) is 3.67. The summed E-state index contributed by atoms with van der Waals surface area (Å²) in [6.07, 6.45) is 1.36. The second-order valence-electron chi connectivity index (χ2n) is 7.01. The number of nitrogens with zero attached hydrogens (tertiary/aromatic N) is 2. The van der Waals surface area contributed by atoms with Gasteiger partial charge in [-0.25, -0.2) is 8.78 Å². The van der Waals surface area contributed by atoms with Gasteiger partial charge in [-0.15, -0.1) is 0 Å².